The standard InChI is InChI=1S/C26H30N2O2/c29-25(23-15-13-22(14-16-23)21-9-3-1-4-10-21)27-18-20-8-7-17-28(19-20)26(30)24-11-5-2-6-12-24/h1,3-4,9-11,13-16,20H,2,5-8,12,17-19H2,(H,27,29)/t20-/m1/s1. The lowest BCUT2D eigenvalue weighted by atomic mass is 9.94. The molecular weight excluding hydrogens is 372 g/mol. The van der Waals surface area contributed by atoms with Crippen LogP contribution in [0, 0.1) is 5.92 Å². The largest absolute Gasteiger partial charge is 0.352 e. The van der Waals surface area contributed by atoms with Crippen LogP contribution in [0.1, 0.15) is 48.9 Å². The van der Waals surface area contributed by atoms with Crippen molar-refractivity contribution < 1.29 is 9.59 Å². The molecule has 2 aromatic carbocycles. The van der Waals surface area contributed by atoms with E-state index in [-0.39, 0.29) is 11.8 Å². The smallest absolute Gasteiger partial charge is 0.251 e. The molecule has 1 N–H and O–H groups in total. The third kappa shape index (κ3) is 4.99. The molecule has 1 atom stereocenters. The first-order chi connectivity index (χ1) is 14.7. The Kier molecular flexibility index (Phi) is 6.63. The summed E-state index contributed by atoms with van der Waals surface area (Å²) in [4.78, 5) is 27.4. The molecule has 4 nitrogen and oxygen atoms in total. The van der Waals surface area contributed by atoms with Crippen molar-refractivity contribution >= 4 is 11.8 Å². The van der Waals surface area contributed by atoms with Crippen molar-refractivity contribution in [3.63, 3.8) is 0 Å². The van der Waals surface area contributed by atoms with Crippen molar-refractivity contribution in [3.05, 3.63) is 71.8 Å². The summed E-state index contributed by atoms with van der Waals surface area (Å²) in [5.41, 5.74) is 3.91. The summed E-state index contributed by atoms with van der Waals surface area (Å²) in [7, 11) is 0. The molecule has 1 saturated heterocycles. The molecule has 0 aromatic heterocycles. The van der Waals surface area contributed by atoms with Crippen LogP contribution in [0.5, 0.6) is 0 Å². The van der Waals surface area contributed by atoms with Crippen LogP contribution in [0.15, 0.2) is 66.2 Å². The number of nitrogens with zero attached hydrogens (tertiary/aromatic N) is 1. The Bertz CT molecular complexity index is 902. The van der Waals surface area contributed by atoms with Gasteiger partial charge in [-0.1, -0.05) is 48.5 Å². The molecule has 156 valence electrons. The van der Waals surface area contributed by atoms with E-state index in [1.165, 1.54) is 6.42 Å². The average Bonchev–Trinajstić information content (AvgIpc) is 2.83. The Morgan fingerprint density at radius 1 is 0.933 bits per heavy atom. The van der Waals surface area contributed by atoms with Gasteiger partial charge in [-0.25, -0.2) is 0 Å². The van der Waals surface area contributed by atoms with Crippen molar-refractivity contribution in [2.45, 2.75) is 38.5 Å². The normalized spacial score (nSPS) is 19.1. The first kappa shape index (κ1) is 20.4. The molecule has 4 heteroatoms. The molecule has 0 unspecified atom stereocenters. The highest BCUT2D eigenvalue weighted by atomic mass is 16.2. The molecule has 0 radical (unpaired) electrons. The number of nitrogens with one attached hydrogen (secondary N) is 1. The van der Waals surface area contributed by atoms with Crippen molar-refractivity contribution in [1.82, 2.24) is 10.2 Å². The Morgan fingerprint density at radius 3 is 2.43 bits per heavy atom. The minimum atomic E-state index is -0.0481. The maximum Gasteiger partial charge on any atom is 0.251 e. The van der Waals surface area contributed by atoms with Crippen LogP contribution in [-0.4, -0.2) is 36.3 Å². The zero-order chi connectivity index (χ0) is 20.8. The number of likely N-dealkylation sites (tertiary alicyclic amines) is 1. The van der Waals surface area contributed by atoms with E-state index in [0.29, 0.717) is 18.0 Å². The molecule has 1 aliphatic heterocycles. The number of carbonyl (C=O) groups is 2. The quantitative estimate of drug-likeness (QED) is 0.779. The number of benzene rings is 2. The third-order valence-electron chi connectivity index (χ3n) is 6.18. The summed E-state index contributed by atoms with van der Waals surface area (Å²) in [5, 5.41) is 3.08. The van der Waals surface area contributed by atoms with E-state index in [1.807, 2.05) is 47.4 Å². The highest BCUT2D eigenvalue weighted by molar-refractivity contribution is 5.95. The summed E-state index contributed by atoms with van der Waals surface area (Å²) in [6, 6.07) is 17.9. The lowest BCUT2D eigenvalue weighted by Gasteiger charge is -2.34. The Hall–Kier alpha value is -2.88. The van der Waals surface area contributed by atoms with Gasteiger partial charge in [0.25, 0.3) is 5.91 Å². The molecule has 1 aliphatic carbocycles. The second-order valence-electron chi connectivity index (χ2n) is 8.39. The van der Waals surface area contributed by atoms with E-state index in [2.05, 4.69) is 23.5 Å². The number of piperidine rings is 1. The summed E-state index contributed by atoms with van der Waals surface area (Å²) in [5.74, 6) is 0.481. The van der Waals surface area contributed by atoms with Crippen LogP contribution < -0.4 is 5.32 Å². The molecule has 1 heterocycles. The van der Waals surface area contributed by atoms with Gasteiger partial charge in [0.1, 0.15) is 0 Å². The number of hydrogen-bond donors (Lipinski definition) is 1. The van der Waals surface area contributed by atoms with Gasteiger partial charge in [-0.05, 0) is 67.7 Å². The predicted octanol–water partition coefficient (Wildman–Crippen LogP) is 4.82. The van der Waals surface area contributed by atoms with Crippen molar-refractivity contribution in [3.8, 4) is 11.1 Å². The molecule has 2 aliphatic rings. The van der Waals surface area contributed by atoms with Gasteiger partial charge >= 0.3 is 0 Å². The molecule has 2 aromatic rings. The topological polar surface area (TPSA) is 49.4 Å². The zero-order valence-electron chi connectivity index (χ0n) is 17.5. The summed E-state index contributed by atoms with van der Waals surface area (Å²) < 4.78 is 0. The van der Waals surface area contributed by atoms with Crippen molar-refractivity contribution in [1.29, 1.82) is 0 Å². The average molecular weight is 403 g/mol. The number of rotatable bonds is 5. The van der Waals surface area contributed by atoms with E-state index in [0.717, 1.165) is 61.9 Å². The molecule has 4 rings (SSSR count). The minimum absolute atomic E-state index is 0.0481. The van der Waals surface area contributed by atoms with Crippen LogP contribution in [-0.2, 0) is 4.79 Å². The minimum Gasteiger partial charge on any atom is -0.352 e. The highest BCUT2D eigenvalue weighted by Gasteiger charge is 2.26. The molecule has 0 bridgehead atoms. The van der Waals surface area contributed by atoms with Crippen molar-refractivity contribution in [2.24, 2.45) is 5.92 Å². The van der Waals surface area contributed by atoms with Crippen LogP contribution in [0.4, 0.5) is 0 Å². The molecule has 0 saturated carbocycles. The fraction of sp³-hybridized carbons (Fsp3) is 0.385. The summed E-state index contributed by atoms with van der Waals surface area (Å²) >= 11 is 0. The van der Waals surface area contributed by atoms with Gasteiger partial charge in [0.15, 0.2) is 0 Å². The van der Waals surface area contributed by atoms with Gasteiger partial charge in [-0.2, -0.15) is 0 Å². The molecule has 30 heavy (non-hydrogen) atoms. The van der Waals surface area contributed by atoms with E-state index < -0.39 is 0 Å². The van der Waals surface area contributed by atoms with Gasteiger partial charge in [0.05, 0.1) is 0 Å². The number of amides is 2. The maximum absolute atomic E-state index is 12.8. The second-order valence-corrected chi connectivity index (χ2v) is 8.39. The SMILES string of the molecule is O=C(NC[C@H]1CCCN(C(=O)C2=CCCCC2)C1)c1ccc(-c2ccccc2)cc1. The van der Waals surface area contributed by atoms with Crippen molar-refractivity contribution in [2.75, 3.05) is 19.6 Å². The fourth-order valence-electron chi connectivity index (χ4n) is 4.44. The lowest BCUT2D eigenvalue weighted by Crippen LogP contribution is -2.44. The Labute approximate surface area is 179 Å². The first-order valence-electron chi connectivity index (χ1n) is 11.1. The Balaban J connectivity index is 1.30. The van der Waals surface area contributed by atoms with E-state index in [9.17, 15) is 9.59 Å². The predicted molar refractivity (Wildman–Crippen MR) is 120 cm³/mol. The van der Waals surface area contributed by atoms with Crippen LogP contribution >= 0.6 is 0 Å². The van der Waals surface area contributed by atoms with Gasteiger partial charge in [-0.3, -0.25) is 9.59 Å². The molecule has 1 fully saturated rings. The van der Waals surface area contributed by atoms with Gasteiger partial charge in [0, 0.05) is 30.8 Å². The van der Waals surface area contributed by atoms with E-state index in [1.54, 1.807) is 0 Å². The lowest BCUT2D eigenvalue weighted by molar-refractivity contribution is -0.129. The van der Waals surface area contributed by atoms with Crippen LogP contribution in [0.25, 0.3) is 11.1 Å². The van der Waals surface area contributed by atoms with Crippen LogP contribution in [0.3, 0.4) is 0 Å². The van der Waals surface area contributed by atoms with E-state index >= 15 is 0 Å². The third-order valence-corrected chi connectivity index (χ3v) is 6.18. The Morgan fingerprint density at radius 2 is 1.70 bits per heavy atom. The summed E-state index contributed by atoms with van der Waals surface area (Å²) in [6.07, 6.45) is 8.43. The molecular formula is C26H30N2O2. The number of allylic oxidation sites excluding steroid dienone is 1. The van der Waals surface area contributed by atoms with Gasteiger partial charge < -0.3 is 10.2 Å². The highest BCUT2D eigenvalue weighted by Crippen LogP contribution is 2.23. The van der Waals surface area contributed by atoms with Crippen LogP contribution in [0.2, 0.25) is 0 Å². The number of hydrogen-bond acceptors (Lipinski definition) is 2. The van der Waals surface area contributed by atoms with E-state index in [4.69, 9.17) is 0 Å². The molecule has 2 amide bonds. The van der Waals surface area contributed by atoms with Gasteiger partial charge in [0.2, 0.25) is 5.91 Å². The fourth-order valence-corrected chi connectivity index (χ4v) is 4.44. The zero-order valence-corrected chi connectivity index (χ0v) is 17.5. The molecule has 0 spiro atoms. The first-order valence-corrected chi connectivity index (χ1v) is 11.1. The summed E-state index contributed by atoms with van der Waals surface area (Å²) in [6.45, 7) is 2.19. The number of carbonyl (C=O) groups excluding carboxylic acids is 2. The monoisotopic (exact) mass is 402 g/mol. The van der Waals surface area contributed by atoms with Gasteiger partial charge in [-0.15, -0.1) is 0 Å². The maximum atomic E-state index is 12.8. The second kappa shape index (κ2) is 9.75.